The summed E-state index contributed by atoms with van der Waals surface area (Å²) in [5, 5.41) is 0. The molecule has 1 unspecified atom stereocenters. The summed E-state index contributed by atoms with van der Waals surface area (Å²) in [5.74, 6) is -0.829. The maximum Gasteiger partial charge on any atom is 0.306 e. The monoisotopic (exact) mass is 1140 g/mol. The summed E-state index contributed by atoms with van der Waals surface area (Å²) >= 11 is 0. The van der Waals surface area contributed by atoms with Gasteiger partial charge in [-0.2, -0.15) is 0 Å². The van der Waals surface area contributed by atoms with Crippen molar-refractivity contribution in [2.24, 2.45) is 0 Å². The number of carbonyl (C=O) groups is 3. The van der Waals surface area contributed by atoms with E-state index >= 15 is 0 Å². The Morgan fingerprint density at radius 1 is 0.247 bits per heavy atom. The van der Waals surface area contributed by atoms with Crippen LogP contribution in [-0.4, -0.2) is 37.2 Å². The van der Waals surface area contributed by atoms with Crippen molar-refractivity contribution in [2.45, 2.75) is 425 Å². The fourth-order valence-electron chi connectivity index (χ4n) is 11.4. The average Bonchev–Trinajstić information content (AvgIpc) is 3.47. The van der Waals surface area contributed by atoms with Gasteiger partial charge in [-0.15, -0.1) is 0 Å². The highest BCUT2D eigenvalue weighted by Gasteiger charge is 2.20. The lowest BCUT2D eigenvalue weighted by Crippen LogP contribution is -2.30. The summed E-state index contributed by atoms with van der Waals surface area (Å²) in [6.07, 6.45) is 86.7. The lowest BCUT2D eigenvalue weighted by molar-refractivity contribution is -0.167. The summed E-state index contributed by atoms with van der Waals surface area (Å²) in [6.45, 7) is 6.70. The van der Waals surface area contributed by atoms with Crippen molar-refractivity contribution in [2.75, 3.05) is 13.2 Å². The molecule has 0 radical (unpaired) electrons. The van der Waals surface area contributed by atoms with Crippen LogP contribution >= 0.6 is 0 Å². The van der Waals surface area contributed by atoms with E-state index in [1.807, 2.05) is 0 Å². The molecule has 0 fully saturated rings. The molecule has 0 N–H and O–H groups in total. The van der Waals surface area contributed by atoms with E-state index in [0.717, 1.165) is 64.2 Å². The fraction of sp³-hybridized carbons (Fsp3) is 0.907. The first-order valence-corrected chi connectivity index (χ1v) is 36.8. The first-order valence-electron chi connectivity index (χ1n) is 36.8. The molecule has 0 aliphatic carbocycles. The number of unbranched alkanes of at least 4 members (excludes halogenated alkanes) is 54. The van der Waals surface area contributed by atoms with Gasteiger partial charge in [0.15, 0.2) is 6.10 Å². The highest BCUT2D eigenvalue weighted by Crippen LogP contribution is 2.19. The molecule has 0 saturated carbocycles. The van der Waals surface area contributed by atoms with Gasteiger partial charge in [-0.05, 0) is 51.4 Å². The molecule has 0 aromatic rings. The van der Waals surface area contributed by atoms with Crippen LogP contribution in [0.5, 0.6) is 0 Å². The largest absolute Gasteiger partial charge is 0.462 e. The highest BCUT2D eigenvalue weighted by atomic mass is 16.6. The van der Waals surface area contributed by atoms with Crippen LogP contribution in [-0.2, 0) is 28.6 Å². The van der Waals surface area contributed by atoms with E-state index in [1.54, 1.807) is 0 Å². The number of rotatable bonds is 69. The molecular weight excluding hydrogens is 997 g/mol. The number of hydrogen-bond acceptors (Lipinski definition) is 6. The van der Waals surface area contributed by atoms with Gasteiger partial charge in [0, 0.05) is 19.3 Å². The van der Waals surface area contributed by atoms with Crippen LogP contribution < -0.4 is 0 Å². The first-order chi connectivity index (χ1) is 40.0. The zero-order valence-corrected chi connectivity index (χ0v) is 55.1. The quantitative estimate of drug-likeness (QED) is 0.0261. The van der Waals surface area contributed by atoms with Gasteiger partial charge in [0.25, 0.3) is 0 Å². The van der Waals surface area contributed by atoms with Gasteiger partial charge in [0.05, 0.1) is 0 Å². The van der Waals surface area contributed by atoms with E-state index in [2.05, 4.69) is 45.1 Å². The van der Waals surface area contributed by atoms with Gasteiger partial charge in [-0.3, -0.25) is 14.4 Å². The third-order valence-corrected chi connectivity index (χ3v) is 17.0. The molecule has 0 aliphatic heterocycles. The maximum absolute atomic E-state index is 12.9. The van der Waals surface area contributed by atoms with E-state index in [1.165, 1.54) is 315 Å². The minimum absolute atomic E-state index is 0.0626. The number of ether oxygens (including phenoxy) is 3. The van der Waals surface area contributed by atoms with E-state index < -0.39 is 6.10 Å². The van der Waals surface area contributed by atoms with Crippen molar-refractivity contribution in [3.05, 3.63) is 24.3 Å². The lowest BCUT2D eigenvalue weighted by Gasteiger charge is -2.18. The summed E-state index contributed by atoms with van der Waals surface area (Å²) in [4.78, 5) is 38.3. The Bertz CT molecular complexity index is 1310. The summed E-state index contributed by atoms with van der Waals surface area (Å²) < 4.78 is 17.0. The van der Waals surface area contributed by atoms with E-state index in [9.17, 15) is 14.4 Å². The SMILES string of the molecule is CCCCCCC/C=C\C/C=C\CCCCCCCCCCCCCCCCCCCCCCCCCC(=O)OCC(COC(=O)CCCCCCCCCCCCC)OC(=O)CCCCCCCCCCCCCCCCCCC. The van der Waals surface area contributed by atoms with Crippen LogP contribution in [0.1, 0.15) is 419 Å². The van der Waals surface area contributed by atoms with Crippen molar-refractivity contribution >= 4 is 17.9 Å². The van der Waals surface area contributed by atoms with Gasteiger partial charge >= 0.3 is 17.9 Å². The van der Waals surface area contributed by atoms with Gasteiger partial charge in [-0.1, -0.05) is 373 Å². The predicted octanol–water partition coefficient (Wildman–Crippen LogP) is 25.3. The molecule has 0 bridgehead atoms. The molecular formula is C75H142O6. The van der Waals surface area contributed by atoms with Crippen LogP contribution in [0.2, 0.25) is 0 Å². The molecule has 0 saturated heterocycles. The van der Waals surface area contributed by atoms with Crippen LogP contribution in [0, 0.1) is 0 Å². The minimum Gasteiger partial charge on any atom is -0.462 e. The zero-order chi connectivity index (χ0) is 58.5. The summed E-state index contributed by atoms with van der Waals surface area (Å²) in [6, 6.07) is 0. The normalized spacial score (nSPS) is 12.1. The van der Waals surface area contributed by atoms with Gasteiger partial charge in [0.1, 0.15) is 13.2 Å². The summed E-state index contributed by atoms with van der Waals surface area (Å²) in [5.41, 5.74) is 0. The van der Waals surface area contributed by atoms with Crippen molar-refractivity contribution in [1.82, 2.24) is 0 Å². The van der Waals surface area contributed by atoms with E-state index in [4.69, 9.17) is 14.2 Å². The molecule has 0 heterocycles. The molecule has 0 rings (SSSR count). The Morgan fingerprint density at radius 3 is 0.679 bits per heavy atom. The number of allylic oxidation sites excluding steroid dienone is 4. The number of hydrogen-bond donors (Lipinski definition) is 0. The molecule has 6 nitrogen and oxygen atoms in total. The molecule has 0 amide bonds. The Kier molecular flexibility index (Phi) is 68.5. The summed E-state index contributed by atoms with van der Waals surface area (Å²) in [7, 11) is 0. The van der Waals surface area contributed by atoms with Crippen molar-refractivity contribution in [1.29, 1.82) is 0 Å². The van der Waals surface area contributed by atoms with Gasteiger partial charge in [-0.25, -0.2) is 0 Å². The second-order valence-electron chi connectivity index (χ2n) is 25.2. The second kappa shape index (κ2) is 70.4. The second-order valence-corrected chi connectivity index (χ2v) is 25.2. The van der Waals surface area contributed by atoms with Crippen LogP contribution in [0.15, 0.2) is 24.3 Å². The van der Waals surface area contributed by atoms with Crippen LogP contribution in [0.4, 0.5) is 0 Å². The molecule has 1 atom stereocenters. The Morgan fingerprint density at radius 2 is 0.444 bits per heavy atom. The Labute approximate surface area is 506 Å². The molecule has 0 aromatic heterocycles. The first kappa shape index (κ1) is 78.9. The van der Waals surface area contributed by atoms with Crippen molar-refractivity contribution in [3.8, 4) is 0 Å². The van der Waals surface area contributed by atoms with Gasteiger partial charge in [0.2, 0.25) is 0 Å². The third kappa shape index (κ3) is 68.6. The highest BCUT2D eigenvalue weighted by molar-refractivity contribution is 5.71. The average molecular weight is 1140 g/mol. The minimum atomic E-state index is -0.765. The van der Waals surface area contributed by atoms with Crippen LogP contribution in [0.3, 0.4) is 0 Å². The fourth-order valence-corrected chi connectivity index (χ4v) is 11.4. The number of carbonyl (C=O) groups excluding carboxylic acids is 3. The molecule has 478 valence electrons. The Balaban J connectivity index is 4.01. The number of esters is 3. The standard InChI is InChI=1S/C75H142O6/c1-4-7-10-13-16-19-22-24-26-28-29-30-31-32-33-34-35-36-37-38-39-40-41-42-43-44-45-47-48-50-53-56-59-62-65-68-74(77)80-71-72(70-79-73(76)67-64-61-58-55-52-21-18-15-12-9-6-3)81-75(78)69-66-63-60-57-54-51-49-46-27-25-23-20-17-14-11-8-5-2/h22,24,28-29,72H,4-21,23,25-27,30-71H2,1-3H3/b24-22-,29-28-. The van der Waals surface area contributed by atoms with E-state index in [-0.39, 0.29) is 31.1 Å². The van der Waals surface area contributed by atoms with Gasteiger partial charge < -0.3 is 14.2 Å². The maximum atomic E-state index is 12.9. The van der Waals surface area contributed by atoms with Crippen molar-refractivity contribution in [3.63, 3.8) is 0 Å². The third-order valence-electron chi connectivity index (χ3n) is 17.0. The predicted molar refractivity (Wildman–Crippen MR) is 353 cm³/mol. The molecule has 0 aromatic carbocycles. The smallest absolute Gasteiger partial charge is 0.306 e. The van der Waals surface area contributed by atoms with Crippen molar-refractivity contribution < 1.29 is 28.6 Å². The topological polar surface area (TPSA) is 78.9 Å². The van der Waals surface area contributed by atoms with Crippen LogP contribution in [0.25, 0.3) is 0 Å². The molecule has 0 spiro atoms. The lowest BCUT2D eigenvalue weighted by atomic mass is 10.0. The molecule has 0 aliphatic rings. The molecule has 81 heavy (non-hydrogen) atoms. The molecule has 6 heteroatoms. The Hall–Kier alpha value is -2.11. The van der Waals surface area contributed by atoms with E-state index in [0.29, 0.717) is 19.3 Å². The zero-order valence-electron chi connectivity index (χ0n) is 55.1.